The number of hydrogen-bond acceptors (Lipinski definition) is 2. The maximum atomic E-state index is 8.60. The van der Waals surface area contributed by atoms with Crippen molar-refractivity contribution in [2.45, 2.75) is 40.9 Å². The van der Waals surface area contributed by atoms with E-state index in [1.54, 1.807) is 20.8 Å². The fourth-order valence-electron chi connectivity index (χ4n) is 3.21. The van der Waals surface area contributed by atoms with Gasteiger partial charge >= 0.3 is 0 Å². The third-order valence-electron chi connectivity index (χ3n) is 4.34. The van der Waals surface area contributed by atoms with Crippen LogP contribution in [0, 0.1) is 19.2 Å². The van der Waals surface area contributed by atoms with Gasteiger partial charge < -0.3 is 4.42 Å². The van der Waals surface area contributed by atoms with Gasteiger partial charge in [-0.1, -0.05) is 45.0 Å². The third-order valence-corrected chi connectivity index (χ3v) is 4.34. The average molecular weight is 349 g/mol. The van der Waals surface area contributed by atoms with Crippen molar-refractivity contribution < 1.29 is 11.3 Å². The fourth-order valence-corrected chi connectivity index (χ4v) is 3.21. The molecule has 2 nitrogen and oxygen atoms in total. The highest BCUT2D eigenvalue weighted by atomic mass is 16.3. The van der Waals surface area contributed by atoms with Gasteiger partial charge in [0.25, 0.3) is 0 Å². The summed E-state index contributed by atoms with van der Waals surface area (Å²) in [4.78, 5) is 4.49. The van der Waals surface area contributed by atoms with Gasteiger partial charge in [-0.25, -0.2) is 0 Å². The summed E-state index contributed by atoms with van der Waals surface area (Å²) in [7, 11) is 0. The molecular formula is C24H25NO. The molecule has 2 heterocycles. The van der Waals surface area contributed by atoms with Crippen molar-refractivity contribution in [1.29, 1.82) is 0 Å². The van der Waals surface area contributed by atoms with E-state index in [1.807, 2.05) is 43.3 Å². The summed E-state index contributed by atoms with van der Waals surface area (Å²) < 4.78 is 47.5. The van der Waals surface area contributed by atoms with E-state index >= 15 is 0 Å². The molecule has 26 heavy (non-hydrogen) atoms. The number of fused-ring (bicyclic) bond motifs is 3. The van der Waals surface area contributed by atoms with Gasteiger partial charge in [0, 0.05) is 29.4 Å². The van der Waals surface area contributed by atoms with Crippen LogP contribution in [0.2, 0.25) is 0 Å². The first-order chi connectivity index (χ1) is 14.3. The first-order valence-electron chi connectivity index (χ1n) is 11.2. The summed E-state index contributed by atoms with van der Waals surface area (Å²) in [5.74, 6) is 0. The molecule has 132 valence electrons. The Hall–Kier alpha value is -2.61. The molecule has 0 saturated carbocycles. The zero-order valence-corrected chi connectivity index (χ0v) is 15.5. The van der Waals surface area contributed by atoms with Crippen LogP contribution in [-0.4, -0.2) is 4.98 Å². The van der Waals surface area contributed by atoms with Gasteiger partial charge in [0.2, 0.25) is 0 Å². The number of aromatic nitrogens is 1. The predicted octanol–water partition coefficient (Wildman–Crippen LogP) is 6.85. The van der Waals surface area contributed by atoms with Crippen LogP contribution in [0.3, 0.4) is 0 Å². The summed E-state index contributed by atoms with van der Waals surface area (Å²) in [5.41, 5.74) is 2.88. The van der Waals surface area contributed by atoms with Crippen molar-refractivity contribution in [3.05, 3.63) is 65.4 Å². The Morgan fingerprint density at radius 2 is 1.96 bits per heavy atom. The van der Waals surface area contributed by atoms with Gasteiger partial charge in [0.05, 0.1) is 5.69 Å². The Bertz CT molecular complexity index is 1300. The molecule has 0 aliphatic rings. The van der Waals surface area contributed by atoms with Gasteiger partial charge in [0.15, 0.2) is 0 Å². The quantitative estimate of drug-likeness (QED) is 0.396. The molecule has 0 amide bonds. The van der Waals surface area contributed by atoms with Crippen LogP contribution >= 0.6 is 0 Å². The zero-order valence-electron chi connectivity index (χ0n) is 20.5. The maximum absolute atomic E-state index is 8.60. The van der Waals surface area contributed by atoms with Gasteiger partial charge in [0.1, 0.15) is 11.2 Å². The second-order valence-electron chi connectivity index (χ2n) is 7.77. The minimum Gasteiger partial charge on any atom is -0.455 e. The first kappa shape index (κ1) is 11.9. The smallest absolute Gasteiger partial charge is 0.144 e. The van der Waals surface area contributed by atoms with E-state index in [2.05, 4.69) is 4.98 Å². The monoisotopic (exact) mass is 348 g/mol. The van der Waals surface area contributed by atoms with E-state index in [0.717, 1.165) is 21.9 Å². The molecule has 0 N–H and O–H groups in total. The molecule has 0 saturated heterocycles. The van der Waals surface area contributed by atoms with E-state index in [-0.39, 0.29) is 11.1 Å². The Morgan fingerprint density at radius 1 is 1.12 bits per heavy atom. The Kier molecular flexibility index (Phi) is 2.74. The summed E-state index contributed by atoms with van der Waals surface area (Å²) in [6.45, 7) is 4.77. The molecule has 0 aliphatic heterocycles. The summed E-state index contributed by atoms with van der Waals surface area (Å²) in [6.07, 6.45) is -0.501. The van der Waals surface area contributed by atoms with Crippen LogP contribution in [-0.2, 0) is 6.37 Å². The number of hydrogen-bond donors (Lipinski definition) is 0. The summed E-state index contributed by atoms with van der Waals surface area (Å²) >= 11 is 0. The number of rotatable bonds is 2. The van der Waals surface area contributed by atoms with Crippen LogP contribution in [0.4, 0.5) is 0 Å². The molecule has 0 unspecified atom stereocenters. The van der Waals surface area contributed by atoms with E-state index in [4.69, 9.17) is 11.3 Å². The van der Waals surface area contributed by atoms with Crippen molar-refractivity contribution >= 4 is 21.9 Å². The number of nitrogens with zero attached hydrogens (tertiary/aromatic N) is 1. The molecule has 0 bridgehead atoms. The van der Waals surface area contributed by atoms with Crippen molar-refractivity contribution in [2.24, 2.45) is 5.41 Å². The molecule has 0 fully saturated rings. The highest BCUT2D eigenvalue weighted by Gasteiger charge is 2.16. The maximum Gasteiger partial charge on any atom is 0.144 e. The normalized spacial score (nSPS) is 16.1. The number of furan rings is 1. The standard InChI is InChI=1S/C24H25NO/c1-15-9-10-18-19-7-6-8-20(23(19)26-22(18)11-15)21-12-16(2)17(14-25-21)13-24(3,4)5/h6-12,14H,13H2,1-5H3/i2D3,13D2. The van der Waals surface area contributed by atoms with Gasteiger partial charge in [-0.3, -0.25) is 4.98 Å². The molecule has 4 aromatic rings. The molecule has 2 aromatic heterocycles. The number of benzene rings is 2. The molecule has 2 aromatic carbocycles. The first-order valence-corrected chi connectivity index (χ1v) is 8.74. The lowest BCUT2D eigenvalue weighted by molar-refractivity contribution is 0.410. The molecule has 4 rings (SSSR count). The second-order valence-corrected chi connectivity index (χ2v) is 7.77. The van der Waals surface area contributed by atoms with E-state index < -0.39 is 18.6 Å². The van der Waals surface area contributed by atoms with Crippen molar-refractivity contribution in [1.82, 2.24) is 4.98 Å². The van der Waals surface area contributed by atoms with Crippen LogP contribution in [0.5, 0.6) is 0 Å². The van der Waals surface area contributed by atoms with Gasteiger partial charge in [-0.15, -0.1) is 0 Å². The van der Waals surface area contributed by atoms with Gasteiger partial charge in [-0.2, -0.15) is 0 Å². The Morgan fingerprint density at radius 3 is 2.73 bits per heavy atom. The number of aryl methyl sites for hydroxylation is 2. The largest absolute Gasteiger partial charge is 0.455 e. The van der Waals surface area contributed by atoms with Crippen molar-refractivity contribution in [2.75, 3.05) is 0 Å². The fraction of sp³-hybridized carbons (Fsp3) is 0.292. The Balaban J connectivity index is 1.98. The lowest BCUT2D eigenvalue weighted by Crippen LogP contribution is -2.10. The Labute approximate surface area is 161 Å². The van der Waals surface area contributed by atoms with Gasteiger partial charge in [-0.05, 0) is 60.5 Å². The topological polar surface area (TPSA) is 26.0 Å². The minimum atomic E-state index is -2.48. The van der Waals surface area contributed by atoms with Crippen molar-refractivity contribution in [3.8, 4) is 11.3 Å². The van der Waals surface area contributed by atoms with Crippen LogP contribution in [0.15, 0.2) is 53.1 Å². The molecular weight excluding hydrogens is 318 g/mol. The van der Waals surface area contributed by atoms with Crippen molar-refractivity contribution in [3.63, 3.8) is 0 Å². The summed E-state index contributed by atoms with van der Waals surface area (Å²) in [5, 5.41) is 1.91. The highest BCUT2D eigenvalue weighted by Crippen LogP contribution is 2.36. The molecule has 0 aliphatic carbocycles. The molecule has 0 radical (unpaired) electrons. The van der Waals surface area contributed by atoms with Crippen LogP contribution in [0.25, 0.3) is 33.2 Å². The number of pyridine rings is 1. The molecule has 0 atom stereocenters. The second kappa shape index (κ2) is 5.98. The lowest BCUT2D eigenvalue weighted by Gasteiger charge is -2.19. The lowest BCUT2D eigenvalue weighted by atomic mass is 9.87. The van der Waals surface area contributed by atoms with E-state index in [9.17, 15) is 0 Å². The average Bonchev–Trinajstić information content (AvgIpc) is 3.03. The third kappa shape index (κ3) is 3.01. The number of para-hydroxylation sites is 1. The predicted molar refractivity (Wildman–Crippen MR) is 110 cm³/mol. The highest BCUT2D eigenvalue weighted by molar-refractivity contribution is 6.09. The van der Waals surface area contributed by atoms with E-state index in [0.29, 0.717) is 16.8 Å². The van der Waals surface area contributed by atoms with E-state index in [1.165, 1.54) is 12.3 Å². The minimum absolute atomic E-state index is 0.0265. The molecule has 2 heteroatoms. The van der Waals surface area contributed by atoms with Crippen LogP contribution in [0.1, 0.15) is 44.3 Å². The molecule has 0 spiro atoms. The SMILES string of the molecule is [2H]C([2H])([2H])c1cc(-c2cccc3c2oc2cc(C)ccc23)ncc1C([2H])([2H])C(C)(C)C. The zero-order chi connectivity index (χ0) is 22.8. The summed E-state index contributed by atoms with van der Waals surface area (Å²) in [6, 6.07) is 13.2. The van der Waals surface area contributed by atoms with Crippen LogP contribution < -0.4 is 0 Å².